The maximum atomic E-state index is 14.1. The smallest absolute Gasteiger partial charge is 0.417 e. The summed E-state index contributed by atoms with van der Waals surface area (Å²) in [5.74, 6) is 0.0274. The zero-order chi connectivity index (χ0) is 29.8. The summed E-state index contributed by atoms with van der Waals surface area (Å²) in [4.78, 5) is 18.7. The Bertz CT molecular complexity index is 1510. The van der Waals surface area contributed by atoms with Gasteiger partial charge in [0.05, 0.1) is 12.0 Å². The third-order valence-electron chi connectivity index (χ3n) is 6.52. The first-order valence-corrected chi connectivity index (χ1v) is 13.5. The molecule has 0 radical (unpaired) electrons. The van der Waals surface area contributed by atoms with E-state index in [9.17, 15) is 18.0 Å². The monoisotopic (exact) mass is 565 g/mol. The number of halogens is 3. The number of carbonyl (C=O) groups is 1. The molecule has 0 unspecified atom stereocenters. The maximum Gasteiger partial charge on any atom is 0.417 e. The Morgan fingerprint density at radius 2 is 1.71 bits per heavy atom. The Labute approximate surface area is 238 Å². The fraction of sp³-hybridized carbons (Fsp3) is 0.344. The van der Waals surface area contributed by atoms with E-state index >= 15 is 0 Å². The van der Waals surface area contributed by atoms with Crippen LogP contribution in [0.5, 0.6) is 0 Å². The van der Waals surface area contributed by atoms with Crippen molar-refractivity contribution >= 4 is 5.97 Å². The van der Waals surface area contributed by atoms with E-state index in [4.69, 9.17) is 9.26 Å². The highest BCUT2D eigenvalue weighted by atomic mass is 19.4. The normalized spacial score (nSPS) is 12.1. The van der Waals surface area contributed by atoms with Gasteiger partial charge in [-0.15, -0.1) is 0 Å². The molecular weight excluding hydrogens is 531 g/mol. The maximum absolute atomic E-state index is 14.1. The van der Waals surface area contributed by atoms with Gasteiger partial charge in [-0.2, -0.15) is 18.2 Å². The predicted molar refractivity (Wildman–Crippen MR) is 152 cm³/mol. The number of rotatable bonds is 9. The molecule has 216 valence electrons. The molecule has 0 saturated heterocycles. The molecule has 3 aromatic carbocycles. The molecule has 0 atom stereocenters. The molecule has 4 rings (SSSR count). The van der Waals surface area contributed by atoms with Gasteiger partial charge in [-0.25, -0.2) is 0 Å². The van der Waals surface area contributed by atoms with Gasteiger partial charge in [-0.3, -0.25) is 9.69 Å². The average Bonchev–Trinajstić information content (AvgIpc) is 3.40. The molecule has 9 heteroatoms. The Hall–Kier alpha value is -3.98. The highest BCUT2D eigenvalue weighted by Gasteiger charge is 2.35. The summed E-state index contributed by atoms with van der Waals surface area (Å²) < 4.78 is 53.1. The van der Waals surface area contributed by atoms with Crippen LogP contribution in [0.4, 0.5) is 13.2 Å². The Balaban J connectivity index is 1.53. The number of aromatic nitrogens is 2. The molecule has 4 aromatic rings. The fourth-order valence-corrected chi connectivity index (χ4v) is 4.54. The van der Waals surface area contributed by atoms with Crippen molar-refractivity contribution < 1.29 is 27.2 Å². The van der Waals surface area contributed by atoms with Crippen LogP contribution in [-0.2, 0) is 22.3 Å². The van der Waals surface area contributed by atoms with E-state index < -0.39 is 17.3 Å². The van der Waals surface area contributed by atoms with E-state index in [0.29, 0.717) is 24.2 Å². The SMILES string of the molecule is CCN(CCC(=O)OC(C)(C)C)Cc1cccc(-c2noc(-c3ccc(-c4ccccc4C)c(C(F)(F)F)c3)n2)c1. The third-order valence-corrected chi connectivity index (χ3v) is 6.52. The molecule has 41 heavy (non-hydrogen) atoms. The van der Waals surface area contributed by atoms with E-state index in [-0.39, 0.29) is 35.2 Å². The van der Waals surface area contributed by atoms with E-state index in [1.54, 1.807) is 37.3 Å². The first kappa shape index (κ1) is 30.0. The van der Waals surface area contributed by atoms with E-state index in [0.717, 1.165) is 23.7 Å². The molecule has 0 bridgehead atoms. The van der Waals surface area contributed by atoms with Crippen molar-refractivity contribution in [3.8, 4) is 34.0 Å². The summed E-state index contributed by atoms with van der Waals surface area (Å²) in [6, 6.07) is 18.6. The number of esters is 1. The molecule has 1 aromatic heterocycles. The highest BCUT2D eigenvalue weighted by Crippen LogP contribution is 2.40. The molecule has 0 fully saturated rings. The lowest BCUT2D eigenvalue weighted by atomic mass is 9.94. The topological polar surface area (TPSA) is 68.5 Å². The van der Waals surface area contributed by atoms with Crippen molar-refractivity contribution in [1.29, 1.82) is 0 Å². The van der Waals surface area contributed by atoms with Crippen molar-refractivity contribution in [2.75, 3.05) is 13.1 Å². The minimum Gasteiger partial charge on any atom is -0.460 e. The van der Waals surface area contributed by atoms with Crippen molar-refractivity contribution in [2.24, 2.45) is 0 Å². The van der Waals surface area contributed by atoms with Crippen LogP contribution in [0.3, 0.4) is 0 Å². The highest BCUT2D eigenvalue weighted by molar-refractivity contribution is 5.74. The van der Waals surface area contributed by atoms with Crippen LogP contribution in [0.2, 0.25) is 0 Å². The summed E-state index contributed by atoms with van der Waals surface area (Å²) in [7, 11) is 0. The second-order valence-electron chi connectivity index (χ2n) is 10.9. The van der Waals surface area contributed by atoms with Crippen LogP contribution < -0.4 is 0 Å². The largest absolute Gasteiger partial charge is 0.460 e. The van der Waals surface area contributed by atoms with Crippen LogP contribution in [0, 0.1) is 6.92 Å². The van der Waals surface area contributed by atoms with E-state index in [1.807, 2.05) is 52.0 Å². The van der Waals surface area contributed by atoms with Crippen LogP contribution in [-0.4, -0.2) is 39.7 Å². The number of alkyl halides is 3. The van der Waals surface area contributed by atoms with Crippen molar-refractivity contribution in [3.05, 3.63) is 83.4 Å². The van der Waals surface area contributed by atoms with Crippen LogP contribution >= 0.6 is 0 Å². The Morgan fingerprint density at radius 1 is 0.951 bits per heavy atom. The van der Waals surface area contributed by atoms with Gasteiger partial charge >= 0.3 is 12.1 Å². The molecule has 1 heterocycles. The summed E-state index contributed by atoms with van der Waals surface area (Å²) in [6.45, 7) is 11.2. The molecule has 0 N–H and O–H groups in total. The lowest BCUT2D eigenvalue weighted by molar-refractivity contribution is -0.155. The van der Waals surface area contributed by atoms with Crippen LogP contribution in [0.15, 0.2) is 71.3 Å². The quantitative estimate of drug-likeness (QED) is 0.192. The zero-order valence-electron chi connectivity index (χ0n) is 23.9. The number of hydrogen-bond acceptors (Lipinski definition) is 6. The lowest BCUT2D eigenvalue weighted by Gasteiger charge is -2.23. The number of nitrogens with zero attached hydrogens (tertiary/aromatic N) is 3. The molecule has 0 amide bonds. The molecule has 0 saturated carbocycles. The first-order valence-electron chi connectivity index (χ1n) is 13.5. The zero-order valence-corrected chi connectivity index (χ0v) is 23.9. The van der Waals surface area contributed by atoms with Gasteiger partial charge in [-0.1, -0.05) is 60.6 Å². The Morgan fingerprint density at radius 3 is 2.39 bits per heavy atom. The molecule has 0 aliphatic rings. The van der Waals surface area contributed by atoms with Gasteiger partial charge in [0.25, 0.3) is 5.89 Å². The first-order chi connectivity index (χ1) is 19.3. The van der Waals surface area contributed by atoms with Gasteiger partial charge in [0.15, 0.2) is 0 Å². The van der Waals surface area contributed by atoms with Gasteiger partial charge in [0.2, 0.25) is 5.82 Å². The van der Waals surface area contributed by atoms with Crippen molar-refractivity contribution in [1.82, 2.24) is 15.0 Å². The molecule has 0 aliphatic carbocycles. The van der Waals surface area contributed by atoms with Gasteiger partial charge in [-0.05, 0) is 74.7 Å². The number of hydrogen-bond donors (Lipinski definition) is 0. The van der Waals surface area contributed by atoms with Crippen LogP contribution in [0.25, 0.3) is 34.0 Å². The number of aryl methyl sites for hydroxylation is 1. The number of ether oxygens (including phenoxy) is 1. The van der Waals surface area contributed by atoms with Gasteiger partial charge < -0.3 is 9.26 Å². The van der Waals surface area contributed by atoms with Crippen molar-refractivity contribution in [2.45, 2.75) is 59.4 Å². The van der Waals surface area contributed by atoms with Gasteiger partial charge in [0.1, 0.15) is 5.60 Å². The summed E-state index contributed by atoms with van der Waals surface area (Å²) in [6.07, 6.45) is -4.29. The summed E-state index contributed by atoms with van der Waals surface area (Å²) in [5, 5.41) is 4.04. The molecule has 0 aliphatic heterocycles. The van der Waals surface area contributed by atoms with Crippen molar-refractivity contribution in [3.63, 3.8) is 0 Å². The van der Waals surface area contributed by atoms with E-state index in [2.05, 4.69) is 15.0 Å². The van der Waals surface area contributed by atoms with Gasteiger partial charge in [0, 0.05) is 24.2 Å². The minimum atomic E-state index is -4.57. The number of benzene rings is 3. The fourth-order valence-electron chi connectivity index (χ4n) is 4.54. The summed E-state index contributed by atoms with van der Waals surface area (Å²) in [5.41, 5.74) is 1.90. The second kappa shape index (κ2) is 12.3. The third kappa shape index (κ3) is 7.82. The second-order valence-corrected chi connectivity index (χ2v) is 10.9. The minimum absolute atomic E-state index is 0.000202. The molecule has 6 nitrogen and oxygen atoms in total. The lowest BCUT2D eigenvalue weighted by Crippen LogP contribution is -2.29. The van der Waals surface area contributed by atoms with E-state index in [1.165, 1.54) is 6.07 Å². The predicted octanol–water partition coefficient (Wildman–Crippen LogP) is 7.95. The molecule has 0 spiro atoms. The number of carbonyl (C=O) groups excluding carboxylic acids is 1. The molecular formula is C32H34F3N3O3. The van der Waals surface area contributed by atoms with Crippen LogP contribution in [0.1, 0.15) is 50.8 Å². The summed E-state index contributed by atoms with van der Waals surface area (Å²) >= 11 is 0. The standard InChI is InChI=1S/C32H34F3N3O3/c1-6-38(17-16-28(39)40-31(3,4)5)20-22-11-9-12-23(18-22)29-36-30(41-37-29)24-14-15-26(27(19-24)32(33,34)35)25-13-8-7-10-21(25)2/h7-15,18-19H,6,16-17,20H2,1-5H3. The average molecular weight is 566 g/mol. The Kier molecular flexibility index (Phi) is 8.97.